The van der Waals surface area contributed by atoms with Crippen LogP contribution in [0.5, 0.6) is 0 Å². The van der Waals surface area contributed by atoms with Crippen molar-refractivity contribution in [1.82, 2.24) is 30.8 Å². The average Bonchev–Trinajstić information content (AvgIpc) is 2.97. The molecular weight excluding hydrogens is 504 g/mol. The maximum Gasteiger partial charge on any atom is 0.0541 e. The molecule has 0 unspecified atom stereocenters. The summed E-state index contributed by atoms with van der Waals surface area (Å²) >= 11 is 6.09. The number of halogens is 1. The van der Waals surface area contributed by atoms with Gasteiger partial charge >= 0.3 is 0 Å². The minimum Gasteiger partial charge on any atom is -0.312 e. The smallest absolute Gasteiger partial charge is 0.0541 e. The van der Waals surface area contributed by atoms with Crippen molar-refractivity contribution in [3.05, 3.63) is 130 Å². The van der Waals surface area contributed by atoms with Gasteiger partial charge in [0.05, 0.1) is 11.4 Å². The zero-order valence-corrected chi connectivity index (χ0v) is 23.3. The number of benzene rings is 2. The minimum atomic E-state index is 0.783. The van der Waals surface area contributed by atoms with Crippen LogP contribution in [0.1, 0.15) is 28.1 Å². The molecule has 2 heterocycles. The lowest BCUT2D eigenvalue weighted by atomic mass is 10.1. The predicted octanol–water partition coefficient (Wildman–Crippen LogP) is 4.84. The van der Waals surface area contributed by atoms with Gasteiger partial charge in [0, 0.05) is 69.8 Å². The Morgan fingerprint density at radius 1 is 0.590 bits per heavy atom. The van der Waals surface area contributed by atoms with E-state index < -0.39 is 0 Å². The summed E-state index contributed by atoms with van der Waals surface area (Å²) in [6.07, 6.45) is 4.65. The third-order valence-corrected chi connectivity index (χ3v) is 6.75. The van der Waals surface area contributed by atoms with Crippen LogP contribution in [0.2, 0.25) is 5.02 Å². The molecule has 2 aromatic heterocycles. The van der Waals surface area contributed by atoms with Crippen LogP contribution in [-0.2, 0) is 32.6 Å². The van der Waals surface area contributed by atoms with Crippen LogP contribution in [0.15, 0.2) is 97.3 Å². The molecule has 0 bridgehead atoms. The summed E-state index contributed by atoms with van der Waals surface area (Å²) in [7, 11) is 0. The number of pyridine rings is 2. The van der Waals surface area contributed by atoms with Gasteiger partial charge in [-0.15, -0.1) is 0 Å². The lowest BCUT2D eigenvalue weighted by molar-refractivity contribution is 0.263. The summed E-state index contributed by atoms with van der Waals surface area (Å²) in [5, 5.41) is 11.4. The maximum absolute atomic E-state index is 6.09. The van der Waals surface area contributed by atoms with Crippen molar-refractivity contribution in [3.8, 4) is 0 Å². The highest BCUT2D eigenvalue weighted by Gasteiger charge is 2.07. The van der Waals surface area contributed by atoms with Crippen LogP contribution in [0.4, 0.5) is 0 Å². The largest absolute Gasteiger partial charge is 0.312 e. The topological polar surface area (TPSA) is 65.1 Å². The van der Waals surface area contributed by atoms with Crippen molar-refractivity contribution < 1.29 is 0 Å². The molecule has 0 aliphatic rings. The zero-order chi connectivity index (χ0) is 27.0. The molecule has 0 saturated heterocycles. The number of hydrogen-bond donors (Lipinski definition) is 3. The molecule has 204 valence electrons. The lowest BCUT2D eigenvalue weighted by Gasteiger charge is -2.23. The van der Waals surface area contributed by atoms with Crippen LogP contribution in [-0.4, -0.2) is 47.6 Å². The molecule has 0 saturated carbocycles. The van der Waals surface area contributed by atoms with Crippen LogP contribution in [0.3, 0.4) is 0 Å². The van der Waals surface area contributed by atoms with Gasteiger partial charge in [0.2, 0.25) is 0 Å². The van der Waals surface area contributed by atoms with E-state index in [1.807, 2.05) is 54.9 Å². The Hall–Kier alpha value is -3.13. The number of aromatic nitrogens is 2. The van der Waals surface area contributed by atoms with E-state index in [-0.39, 0.29) is 0 Å². The van der Waals surface area contributed by atoms with E-state index in [0.29, 0.717) is 0 Å². The first-order chi connectivity index (χ1) is 19.2. The first-order valence-electron chi connectivity index (χ1n) is 13.7. The second-order valence-electron chi connectivity index (χ2n) is 9.65. The van der Waals surface area contributed by atoms with Gasteiger partial charge in [0.15, 0.2) is 0 Å². The summed E-state index contributed by atoms with van der Waals surface area (Å²) in [6.45, 7) is 8.01. The first-order valence-corrected chi connectivity index (χ1v) is 14.1. The van der Waals surface area contributed by atoms with Crippen molar-refractivity contribution in [1.29, 1.82) is 0 Å². The van der Waals surface area contributed by atoms with Gasteiger partial charge in [-0.25, -0.2) is 0 Å². The van der Waals surface area contributed by atoms with E-state index in [1.165, 1.54) is 16.7 Å². The van der Waals surface area contributed by atoms with E-state index in [1.54, 1.807) is 0 Å². The summed E-state index contributed by atoms with van der Waals surface area (Å²) in [6, 6.07) is 29.1. The van der Waals surface area contributed by atoms with Crippen LogP contribution >= 0.6 is 11.6 Å². The molecule has 0 atom stereocenters. The molecule has 0 amide bonds. The fourth-order valence-electron chi connectivity index (χ4n) is 4.36. The number of rotatable bonds is 17. The summed E-state index contributed by atoms with van der Waals surface area (Å²) in [5.74, 6) is 0. The van der Waals surface area contributed by atoms with E-state index in [4.69, 9.17) is 11.6 Å². The summed E-state index contributed by atoms with van der Waals surface area (Å²) < 4.78 is 0. The summed E-state index contributed by atoms with van der Waals surface area (Å²) in [4.78, 5) is 11.3. The van der Waals surface area contributed by atoms with E-state index >= 15 is 0 Å². The molecule has 6 nitrogen and oxygen atoms in total. The maximum atomic E-state index is 6.09. The molecule has 4 rings (SSSR count). The molecule has 39 heavy (non-hydrogen) atoms. The van der Waals surface area contributed by atoms with Crippen LogP contribution in [0, 0.1) is 0 Å². The van der Waals surface area contributed by atoms with Gasteiger partial charge in [0.1, 0.15) is 0 Å². The molecule has 0 aliphatic heterocycles. The quantitative estimate of drug-likeness (QED) is 0.166. The lowest BCUT2D eigenvalue weighted by Crippen LogP contribution is -2.36. The molecule has 3 N–H and O–H groups in total. The molecule has 4 aromatic rings. The van der Waals surface area contributed by atoms with Gasteiger partial charge < -0.3 is 16.0 Å². The van der Waals surface area contributed by atoms with Crippen LogP contribution in [0.25, 0.3) is 0 Å². The van der Waals surface area contributed by atoms with E-state index in [2.05, 4.69) is 73.3 Å². The molecule has 7 heteroatoms. The van der Waals surface area contributed by atoms with Gasteiger partial charge in [-0.3, -0.25) is 14.9 Å². The van der Waals surface area contributed by atoms with Crippen molar-refractivity contribution in [2.75, 3.05) is 32.7 Å². The molecular formula is C32H39ClN6. The normalized spacial score (nSPS) is 11.2. The summed E-state index contributed by atoms with van der Waals surface area (Å²) in [5.41, 5.74) is 6.02. The average molecular weight is 543 g/mol. The Kier molecular flexibility index (Phi) is 12.4. The number of hydrogen-bond acceptors (Lipinski definition) is 6. The van der Waals surface area contributed by atoms with E-state index in [0.717, 1.165) is 81.7 Å². The Balaban J connectivity index is 1.21. The van der Waals surface area contributed by atoms with Gasteiger partial charge in [-0.05, 0) is 66.1 Å². The first kappa shape index (κ1) is 28.9. The fraction of sp³-hybridized carbons (Fsp3) is 0.312. The highest BCUT2D eigenvalue weighted by molar-refractivity contribution is 6.30. The molecule has 0 fully saturated rings. The predicted molar refractivity (Wildman–Crippen MR) is 160 cm³/mol. The SMILES string of the molecule is Clc1cccc(CCNCc2ccc(CN(CCNCc3ccccn3)CCNCc3ccccn3)cc2)c1. The Bertz CT molecular complexity index is 1160. The second kappa shape index (κ2) is 16.7. The molecule has 0 spiro atoms. The minimum absolute atomic E-state index is 0.783. The molecule has 2 aromatic carbocycles. The van der Waals surface area contributed by atoms with Crippen molar-refractivity contribution in [2.45, 2.75) is 32.6 Å². The third-order valence-electron chi connectivity index (χ3n) is 6.51. The van der Waals surface area contributed by atoms with Crippen molar-refractivity contribution in [3.63, 3.8) is 0 Å². The highest BCUT2D eigenvalue weighted by atomic mass is 35.5. The zero-order valence-electron chi connectivity index (χ0n) is 22.5. The van der Waals surface area contributed by atoms with Gasteiger partial charge in [-0.2, -0.15) is 0 Å². The fourth-order valence-corrected chi connectivity index (χ4v) is 4.57. The van der Waals surface area contributed by atoms with E-state index in [9.17, 15) is 0 Å². The molecule has 0 aliphatic carbocycles. The Morgan fingerprint density at radius 2 is 1.21 bits per heavy atom. The van der Waals surface area contributed by atoms with Crippen molar-refractivity contribution in [2.24, 2.45) is 0 Å². The van der Waals surface area contributed by atoms with Gasteiger partial charge in [-0.1, -0.05) is 60.1 Å². The third kappa shape index (κ3) is 11.2. The van der Waals surface area contributed by atoms with Crippen LogP contribution < -0.4 is 16.0 Å². The number of nitrogens with zero attached hydrogens (tertiary/aromatic N) is 3. The monoisotopic (exact) mass is 542 g/mol. The Labute approximate surface area is 237 Å². The van der Waals surface area contributed by atoms with Gasteiger partial charge in [0.25, 0.3) is 0 Å². The second-order valence-corrected chi connectivity index (χ2v) is 10.1. The molecule has 0 radical (unpaired) electrons. The standard InChI is InChI=1S/C32H39ClN6/c33-30-7-5-6-27(22-30)14-17-34-23-28-10-12-29(13-11-28)26-39(20-18-35-24-31-8-1-3-15-37-31)21-19-36-25-32-9-2-4-16-38-32/h1-13,15-16,22,34-36H,14,17-21,23-26H2. The highest BCUT2D eigenvalue weighted by Crippen LogP contribution is 2.11. The number of nitrogens with one attached hydrogen (secondary N) is 3. The Morgan fingerprint density at radius 3 is 1.79 bits per heavy atom. The van der Waals surface area contributed by atoms with Crippen molar-refractivity contribution >= 4 is 11.6 Å².